The summed E-state index contributed by atoms with van der Waals surface area (Å²) in [5.41, 5.74) is 1.07. The standard InChI is InChI=1S/C19H23N5O3S/c1-12-16(4-5-17(25)23(12)2)28(26,27)10-13-8-14(9-13)24(3)19-15-6-7-20-18(15)21-11-22-19/h4-7,11,13-14H,8-10H2,1-3H3,(H,20,21,22)/t13-,14+. The molecule has 3 heterocycles. The molecule has 0 aromatic carbocycles. The van der Waals surface area contributed by atoms with E-state index in [1.807, 2.05) is 19.3 Å². The number of rotatable bonds is 5. The number of aromatic nitrogens is 4. The first kappa shape index (κ1) is 18.7. The molecule has 1 N–H and O–H groups in total. The van der Waals surface area contributed by atoms with E-state index in [0.29, 0.717) is 5.69 Å². The van der Waals surface area contributed by atoms with Crippen LogP contribution in [0.2, 0.25) is 0 Å². The van der Waals surface area contributed by atoms with Crippen LogP contribution in [0.4, 0.5) is 5.82 Å². The average Bonchev–Trinajstić information content (AvgIpc) is 3.10. The molecule has 1 aliphatic rings. The molecule has 148 valence electrons. The SMILES string of the molecule is Cc1c(S(=O)(=O)C[C@H]2C[C@@H](N(C)c3ncnc4[nH]ccc34)C2)ccc(=O)n1C. The topological polar surface area (TPSA) is 101 Å². The van der Waals surface area contributed by atoms with Crippen LogP contribution in [-0.2, 0) is 16.9 Å². The summed E-state index contributed by atoms with van der Waals surface area (Å²) >= 11 is 0. The first-order valence-corrected chi connectivity index (χ1v) is 10.8. The molecule has 0 unspecified atom stereocenters. The van der Waals surface area contributed by atoms with E-state index < -0.39 is 9.84 Å². The molecule has 4 rings (SSSR count). The molecule has 0 atom stereocenters. The zero-order chi connectivity index (χ0) is 20.1. The Bertz CT molecular complexity index is 1190. The Hall–Kier alpha value is -2.68. The lowest BCUT2D eigenvalue weighted by Gasteiger charge is -2.41. The Morgan fingerprint density at radius 3 is 2.75 bits per heavy atom. The number of pyridine rings is 1. The number of fused-ring (bicyclic) bond motifs is 1. The lowest BCUT2D eigenvalue weighted by atomic mass is 9.81. The van der Waals surface area contributed by atoms with Crippen molar-refractivity contribution in [2.45, 2.75) is 30.7 Å². The van der Waals surface area contributed by atoms with Crippen molar-refractivity contribution in [1.82, 2.24) is 19.5 Å². The van der Waals surface area contributed by atoms with Crippen molar-refractivity contribution in [3.63, 3.8) is 0 Å². The number of nitrogens with one attached hydrogen (secondary N) is 1. The van der Waals surface area contributed by atoms with Gasteiger partial charge in [0, 0.05) is 38.1 Å². The molecule has 0 bridgehead atoms. The van der Waals surface area contributed by atoms with E-state index in [1.165, 1.54) is 23.0 Å². The molecule has 3 aromatic heterocycles. The molecule has 0 radical (unpaired) electrons. The third kappa shape index (κ3) is 3.09. The Morgan fingerprint density at radius 1 is 1.25 bits per heavy atom. The molecule has 1 aliphatic carbocycles. The molecule has 0 amide bonds. The predicted molar refractivity (Wildman–Crippen MR) is 107 cm³/mol. The fourth-order valence-electron chi connectivity index (χ4n) is 3.90. The van der Waals surface area contributed by atoms with Gasteiger partial charge in [-0.3, -0.25) is 4.79 Å². The van der Waals surface area contributed by atoms with Crippen LogP contribution in [0.25, 0.3) is 11.0 Å². The summed E-state index contributed by atoms with van der Waals surface area (Å²) in [5, 5.41) is 0.960. The van der Waals surface area contributed by atoms with Gasteiger partial charge in [-0.25, -0.2) is 18.4 Å². The summed E-state index contributed by atoms with van der Waals surface area (Å²) in [6, 6.07) is 4.94. The van der Waals surface area contributed by atoms with Crippen LogP contribution in [0.1, 0.15) is 18.5 Å². The van der Waals surface area contributed by atoms with E-state index in [4.69, 9.17) is 0 Å². The van der Waals surface area contributed by atoms with Crippen molar-refractivity contribution in [3.05, 3.63) is 46.8 Å². The van der Waals surface area contributed by atoms with E-state index in [-0.39, 0.29) is 28.2 Å². The van der Waals surface area contributed by atoms with Gasteiger partial charge in [0.15, 0.2) is 9.84 Å². The summed E-state index contributed by atoms with van der Waals surface area (Å²) in [6.07, 6.45) is 4.95. The second-order valence-electron chi connectivity index (χ2n) is 7.50. The van der Waals surface area contributed by atoms with Crippen LogP contribution in [0.3, 0.4) is 0 Å². The Kier molecular flexibility index (Phi) is 4.49. The van der Waals surface area contributed by atoms with Gasteiger partial charge in [0.1, 0.15) is 17.8 Å². The van der Waals surface area contributed by atoms with Crippen LogP contribution in [0, 0.1) is 12.8 Å². The minimum absolute atomic E-state index is 0.0950. The maximum absolute atomic E-state index is 12.9. The fraction of sp³-hybridized carbons (Fsp3) is 0.421. The molecule has 0 spiro atoms. The van der Waals surface area contributed by atoms with Crippen molar-refractivity contribution in [2.24, 2.45) is 13.0 Å². The molecule has 0 saturated heterocycles. The number of hydrogen-bond acceptors (Lipinski definition) is 6. The lowest BCUT2D eigenvalue weighted by molar-refractivity contribution is 0.282. The summed E-state index contributed by atoms with van der Waals surface area (Å²) in [6.45, 7) is 1.67. The van der Waals surface area contributed by atoms with Gasteiger partial charge in [0.25, 0.3) is 5.56 Å². The molecule has 3 aromatic rings. The zero-order valence-electron chi connectivity index (χ0n) is 16.1. The molecular weight excluding hydrogens is 378 g/mol. The van der Waals surface area contributed by atoms with Gasteiger partial charge in [-0.1, -0.05) is 0 Å². The second-order valence-corrected chi connectivity index (χ2v) is 9.50. The first-order valence-electron chi connectivity index (χ1n) is 9.18. The second kappa shape index (κ2) is 6.73. The van der Waals surface area contributed by atoms with Gasteiger partial charge in [0.2, 0.25) is 0 Å². The number of hydrogen-bond donors (Lipinski definition) is 1. The minimum atomic E-state index is -3.44. The number of aromatic amines is 1. The number of H-pyrrole nitrogens is 1. The van der Waals surface area contributed by atoms with Gasteiger partial charge < -0.3 is 14.5 Å². The Labute approximate surface area is 163 Å². The van der Waals surface area contributed by atoms with E-state index in [0.717, 1.165) is 29.7 Å². The van der Waals surface area contributed by atoms with Crippen molar-refractivity contribution >= 4 is 26.7 Å². The van der Waals surface area contributed by atoms with Gasteiger partial charge >= 0.3 is 0 Å². The van der Waals surface area contributed by atoms with Crippen LogP contribution >= 0.6 is 0 Å². The lowest BCUT2D eigenvalue weighted by Crippen LogP contribution is -2.45. The minimum Gasteiger partial charge on any atom is -0.356 e. The van der Waals surface area contributed by atoms with Crippen molar-refractivity contribution < 1.29 is 8.42 Å². The van der Waals surface area contributed by atoms with E-state index >= 15 is 0 Å². The highest BCUT2D eigenvalue weighted by Crippen LogP contribution is 2.36. The van der Waals surface area contributed by atoms with Crippen molar-refractivity contribution in [2.75, 3.05) is 17.7 Å². The zero-order valence-corrected chi connectivity index (χ0v) is 16.9. The first-order chi connectivity index (χ1) is 13.3. The number of nitrogens with zero attached hydrogens (tertiary/aromatic N) is 4. The average molecular weight is 401 g/mol. The van der Waals surface area contributed by atoms with Crippen LogP contribution in [-0.4, -0.2) is 46.8 Å². The summed E-state index contributed by atoms with van der Waals surface area (Å²) < 4.78 is 27.1. The molecule has 0 aliphatic heterocycles. The largest absolute Gasteiger partial charge is 0.356 e. The third-order valence-corrected chi connectivity index (χ3v) is 7.80. The Morgan fingerprint density at radius 2 is 2.00 bits per heavy atom. The summed E-state index contributed by atoms with van der Waals surface area (Å²) in [7, 11) is 0.140. The molecule has 8 nitrogen and oxygen atoms in total. The quantitative estimate of drug-likeness (QED) is 0.698. The monoisotopic (exact) mass is 401 g/mol. The van der Waals surface area contributed by atoms with Gasteiger partial charge in [-0.2, -0.15) is 0 Å². The smallest absolute Gasteiger partial charge is 0.250 e. The third-order valence-electron chi connectivity index (χ3n) is 5.78. The van der Waals surface area contributed by atoms with Crippen LogP contribution in [0.5, 0.6) is 0 Å². The van der Waals surface area contributed by atoms with Gasteiger partial charge in [-0.05, 0) is 37.8 Å². The molecule has 1 fully saturated rings. The highest BCUT2D eigenvalue weighted by molar-refractivity contribution is 7.91. The highest BCUT2D eigenvalue weighted by atomic mass is 32.2. The molecular formula is C19H23N5O3S. The highest BCUT2D eigenvalue weighted by Gasteiger charge is 2.37. The predicted octanol–water partition coefficient (Wildman–Crippen LogP) is 1.65. The normalized spacial score (nSPS) is 19.5. The molecule has 28 heavy (non-hydrogen) atoms. The fourth-order valence-corrected chi connectivity index (χ4v) is 5.84. The maximum atomic E-state index is 12.9. The summed E-state index contributed by atoms with van der Waals surface area (Å²) in [5.74, 6) is 1.05. The van der Waals surface area contributed by atoms with Crippen molar-refractivity contribution in [1.29, 1.82) is 0 Å². The molecule has 1 saturated carbocycles. The number of sulfone groups is 1. The van der Waals surface area contributed by atoms with Crippen LogP contribution < -0.4 is 10.5 Å². The molecule has 9 heteroatoms. The van der Waals surface area contributed by atoms with Gasteiger partial charge in [-0.15, -0.1) is 0 Å². The Balaban J connectivity index is 1.46. The van der Waals surface area contributed by atoms with E-state index in [1.54, 1.807) is 14.0 Å². The summed E-state index contributed by atoms with van der Waals surface area (Å²) in [4.78, 5) is 25.7. The van der Waals surface area contributed by atoms with Crippen molar-refractivity contribution in [3.8, 4) is 0 Å². The van der Waals surface area contributed by atoms with E-state index in [2.05, 4.69) is 19.9 Å². The van der Waals surface area contributed by atoms with E-state index in [9.17, 15) is 13.2 Å². The van der Waals surface area contributed by atoms with Gasteiger partial charge in [0.05, 0.1) is 16.0 Å². The number of anilines is 1. The van der Waals surface area contributed by atoms with Crippen LogP contribution in [0.15, 0.2) is 40.4 Å². The maximum Gasteiger partial charge on any atom is 0.250 e.